The second kappa shape index (κ2) is 7.54. The van der Waals surface area contributed by atoms with Crippen molar-refractivity contribution in [2.75, 3.05) is 6.54 Å². The van der Waals surface area contributed by atoms with E-state index in [9.17, 15) is 9.59 Å². The molecule has 2 amide bonds. The summed E-state index contributed by atoms with van der Waals surface area (Å²) in [5.74, 6) is 0.249. The van der Waals surface area contributed by atoms with Gasteiger partial charge in [-0.05, 0) is 60.7 Å². The first-order valence-electron chi connectivity index (χ1n) is 9.56. The van der Waals surface area contributed by atoms with Crippen LogP contribution in [0.4, 0.5) is 0 Å². The third kappa shape index (κ3) is 3.57. The quantitative estimate of drug-likeness (QED) is 0.810. The number of hydrogen-bond donors (Lipinski definition) is 1. The Bertz CT molecular complexity index is 883. The highest BCUT2D eigenvalue weighted by molar-refractivity contribution is 9.10. The van der Waals surface area contributed by atoms with E-state index in [4.69, 9.17) is 0 Å². The molecular weight excluding hydrogens is 408 g/mol. The zero-order valence-electron chi connectivity index (χ0n) is 15.3. The summed E-state index contributed by atoms with van der Waals surface area (Å²) in [4.78, 5) is 36.0. The smallest absolute Gasteiger partial charge is 0.270 e. The molecule has 1 aliphatic carbocycles. The number of nitrogens with zero attached hydrogens (tertiary/aromatic N) is 3. The highest BCUT2D eigenvalue weighted by atomic mass is 79.9. The van der Waals surface area contributed by atoms with Gasteiger partial charge in [-0.2, -0.15) is 0 Å². The molecule has 2 aliphatic rings. The maximum absolute atomic E-state index is 12.8. The standard InChI is InChI=1S/C20H23BrN4O2/c1-12-16(6-3-9-25(12)20(27)13-4-2-5-13)24-19(26)17-8-7-14-10-22-11-15(21)18(14)23-17/h7-8,10-13,16H,2-6,9H2,1H3,(H,24,26)/t12-,16-/m1/s1. The van der Waals surface area contributed by atoms with Crippen molar-refractivity contribution in [1.29, 1.82) is 0 Å². The minimum atomic E-state index is -0.199. The number of rotatable bonds is 3. The largest absolute Gasteiger partial charge is 0.346 e. The fourth-order valence-corrected chi connectivity index (χ4v) is 4.35. The van der Waals surface area contributed by atoms with E-state index in [1.54, 1.807) is 18.5 Å². The van der Waals surface area contributed by atoms with E-state index >= 15 is 0 Å². The van der Waals surface area contributed by atoms with Crippen molar-refractivity contribution in [2.45, 2.75) is 51.1 Å². The lowest BCUT2D eigenvalue weighted by atomic mass is 9.83. The summed E-state index contributed by atoms with van der Waals surface area (Å²) in [7, 11) is 0. The third-order valence-electron chi connectivity index (χ3n) is 5.83. The van der Waals surface area contributed by atoms with Crippen molar-refractivity contribution in [2.24, 2.45) is 5.92 Å². The number of likely N-dealkylation sites (tertiary alicyclic amines) is 1. The molecule has 2 atom stereocenters. The van der Waals surface area contributed by atoms with Crippen molar-refractivity contribution < 1.29 is 9.59 Å². The highest BCUT2D eigenvalue weighted by Crippen LogP contribution is 2.31. The molecule has 4 rings (SSSR count). The zero-order valence-corrected chi connectivity index (χ0v) is 16.9. The minimum Gasteiger partial charge on any atom is -0.346 e. The lowest BCUT2D eigenvalue weighted by Crippen LogP contribution is -2.57. The molecule has 1 saturated heterocycles. The number of carbonyl (C=O) groups is 2. The number of pyridine rings is 2. The average Bonchev–Trinajstić information content (AvgIpc) is 2.62. The summed E-state index contributed by atoms with van der Waals surface area (Å²) >= 11 is 3.44. The van der Waals surface area contributed by atoms with Gasteiger partial charge in [0.2, 0.25) is 5.91 Å². The first-order chi connectivity index (χ1) is 13.0. The molecule has 0 unspecified atom stereocenters. The molecule has 0 radical (unpaired) electrons. The van der Waals surface area contributed by atoms with E-state index in [-0.39, 0.29) is 29.8 Å². The summed E-state index contributed by atoms with van der Waals surface area (Å²) in [5.41, 5.74) is 1.10. The van der Waals surface area contributed by atoms with Crippen molar-refractivity contribution in [3.63, 3.8) is 0 Å². The Morgan fingerprint density at radius 2 is 2.00 bits per heavy atom. The second-order valence-electron chi connectivity index (χ2n) is 7.51. The van der Waals surface area contributed by atoms with Crippen LogP contribution in [0, 0.1) is 5.92 Å². The lowest BCUT2D eigenvalue weighted by molar-refractivity contribution is -0.142. The number of piperidine rings is 1. The first kappa shape index (κ1) is 18.3. The summed E-state index contributed by atoms with van der Waals surface area (Å²) < 4.78 is 0.762. The fourth-order valence-electron chi connectivity index (χ4n) is 3.92. The van der Waals surface area contributed by atoms with Crippen LogP contribution in [-0.4, -0.2) is 45.3 Å². The van der Waals surface area contributed by atoms with E-state index in [2.05, 4.69) is 31.2 Å². The van der Waals surface area contributed by atoms with Gasteiger partial charge in [0.25, 0.3) is 5.91 Å². The van der Waals surface area contributed by atoms with Gasteiger partial charge in [0.1, 0.15) is 5.69 Å². The molecule has 0 bridgehead atoms. The predicted octanol–water partition coefficient (Wildman–Crippen LogP) is 3.30. The van der Waals surface area contributed by atoms with Gasteiger partial charge in [-0.1, -0.05) is 6.42 Å². The molecule has 3 heterocycles. The Balaban J connectivity index is 1.48. The third-order valence-corrected chi connectivity index (χ3v) is 6.41. The van der Waals surface area contributed by atoms with Crippen LogP contribution in [0.3, 0.4) is 0 Å². The molecule has 0 aromatic carbocycles. The molecule has 142 valence electrons. The van der Waals surface area contributed by atoms with Crippen LogP contribution < -0.4 is 5.32 Å². The van der Waals surface area contributed by atoms with Crippen LogP contribution in [-0.2, 0) is 4.79 Å². The lowest BCUT2D eigenvalue weighted by Gasteiger charge is -2.42. The summed E-state index contributed by atoms with van der Waals surface area (Å²) in [6.07, 6.45) is 8.34. The van der Waals surface area contributed by atoms with Gasteiger partial charge in [0.05, 0.1) is 9.99 Å². The van der Waals surface area contributed by atoms with Gasteiger partial charge in [-0.25, -0.2) is 4.98 Å². The van der Waals surface area contributed by atoms with Crippen LogP contribution in [0.1, 0.15) is 49.5 Å². The second-order valence-corrected chi connectivity index (χ2v) is 8.37. The van der Waals surface area contributed by atoms with E-state index in [0.29, 0.717) is 5.69 Å². The Morgan fingerprint density at radius 3 is 2.74 bits per heavy atom. The topological polar surface area (TPSA) is 75.2 Å². The predicted molar refractivity (Wildman–Crippen MR) is 106 cm³/mol. The molecule has 1 aliphatic heterocycles. The van der Waals surface area contributed by atoms with Crippen LogP contribution in [0.5, 0.6) is 0 Å². The molecule has 6 nitrogen and oxygen atoms in total. The molecule has 2 aromatic heterocycles. The summed E-state index contributed by atoms with van der Waals surface area (Å²) in [6, 6.07) is 3.53. The SMILES string of the molecule is C[C@@H]1[C@H](NC(=O)c2ccc3cncc(Br)c3n2)CCCN1C(=O)C1CCC1. The van der Waals surface area contributed by atoms with Gasteiger partial charge in [0, 0.05) is 42.3 Å². The van der Waals surface area contributed by atoms with E-state index in [0.717, 1.165) is 54.0 Å². The van der Waals surface area contributed by atoms with Gasteiger partial charge in [0.15, 0.2) is 0 Å². The monoisotopic (exact) mass is 430 g/mol. The molecule has 2 aromatic rings. The zero-order chi connectivity index (χ0) is 19.0. The van der Waals surface area contributed by atoms with Gasteiger partial charge < -0.3 is 10.2 Å². The Morgan fingerprint density at radius 1 is 1.19 bits per heavy atom. The first-order valence-corrected chi connectivity index (χ1v) is 10.4. The maximum atomic E-state index is 12.8. The molecular formula is C20H23BrN4O2. The molecule has 0 spiro atoms. The van der Waals surface area contributed by atoms with Gasteiger partial charge >= 0.3 is 0 Å². The van der Waals surface area contributed by atoms with Crippen LogP contribution >= 0.6 is 15.9 Å². The van der Waals surface area contributed by atoms with Crippen LogP contribution in [0.2, 0.25) is 0 Å². The summed E-state index contributed by atoms with van der Waals surface area (Å²) in [5, 5.41) is 3.98. The van der Waals surface area contributed by atoms with Gasteiger partial charge in [-0.15, -0.1) is 0 Å². The number of aromatic nitrogens is 2. The normalized spacial score (nSPS) is 23.1. The number of amides is 2. The number of hydrogen-bond acceptors (Lipinski definition) is 4. The van der Waals surface area contributed by atoms with Crippen molar-refractivity contribution >= 4 is 38.6 Å². The molecule has 1 saturated carbocycles. The van der Waals surface area contributed by atoms with Crippen LogP contribution in [0.15, 0.2) is 29.0 Å². The van der Waals surface area contributed by atoms with Crippen molar-refractivity contribution in [3.05, 3.63) is 34.7 Å². The Kier molecular flexibility index (Phi) is 5.12. The minimum absolute atomic E-state index is 0.00666. The number of halogens is 1. The fraction of sp³-hybridized carbons (Fsp3) is 0.500. The van der Waals surface area contributed by atoms with Crippen LogP contribution in [0.25, 0.3) is 10.9 Å². The number of carbonyl (C=O) groups excluding carboxylic acids is 2. The van der Waals surface area contributed by atoms with E-state index in [1.165, 1.54) is 0 Å². The maximum Gasteiger partial charge on any atom is 0.270 e. The van der Waals surface area contributed by atoms with Crippen molar-refractivity contribution in [3.8, 4) is 0 Å². The Labute approximate surface area is 166 Å². The summed E-state index contributed by atoms with van der Waals surface area (Å²) in [6.45, 7) is 2.83. The van der Waals surface area contributed by atoms with Crippen molar-refractivity contribution in [1.82, 2.24) is 20.2 Å². The molecule has 27 heavy (non-hydrogen) atoms. The number of nitrogens with one attached hydrogen (secondary N) is 1. The average molecular weight is 431 g/mol. The molecule has 7 heteroatoms. The van der Waals surface area contributed by atoms with Gasteiger partial charge in [-0.3, -0.25) is 14.6 Å². The number of fused-ring (bicyclic) bond motifs is 1. The highest BCUT2D eigenvalue weighted by Gasteiger charge is 2.37. The molecule has 2 fully saturated rings. The Hall–Kier alpha value is -2.02. The van der Waals surface area contributed by atoms with E-state index < -0.39 is 0 Å². The van der Waals surface area contributed by atoms with E-state index in [1.807, 2.05) is 17.9 Å². The molecule has 1 N–H and O–H groups in total.